The monoisotopic (exact) mass is 239 g/mol. The number of nitrogens with zero attached hydrogens (tertiary/aromatic N) is 2. The first-order chi connectivity index (χ1) is 8.31. The van der Waals surface area contributed by atoms with Crippen LogP contribution in [-0.4, -0.2) is 36.4 Å². The second-order valence-electron chi connectivity index (χ2n) is 4.36. The van der Waals surface area contributed by atoms with Gasteiger partial charge in [0.1, 0.15) is 5.82 Å². The fourth-order valence-corrected chi connectivity index (χ4v) is 2.02. The first-order valence-electron chi connectivity index (χ1n) is 6.48. The molecule has 4 nitrogen and oxygen atoms in total. The van der Waals surface area contributed by atoms with E-state index in [2.05, 4.69) is 28.0 Å². The predicted molar refractivity (Wildman–Crippen MR) is 70.2 cm³/mol. The topological polar surface area (TPSA) is 39.1 Å². The van der Waals surface area contributed by atoms with Crippen LogP contribution in [0.2, 0.25) is 0 Å². The number of ether oxygens (including phenoxy) is 1. The molecule has 0 aliphatic carbocycles. The molecule has 0 aromatic carbocycles. The van der Waals surface area contributed by atoms with Gasteiger partial charge in [-0.15, -0.1) is 0 Å². The summed E-state index contributed by atoms with van der Waals surface area (Å²) in [5.74, 6) is 1.18. The van der Waals surface area contributed by atoms with Gasteiger partial charge < -0.3 is 14.6 Å². The Morgan fingerprint density at radius 2 is 2.35 bits per heavy atom. The highest BCUT2D eigenvalue weighted by atomic mass is 16.5. The molecule has 0 spiro atoms. The second-order valence-corrected chi connectivity index (χ2v) is 4.36. The Kier molecular flexibility index (Phi) is 6.89. The summed E-state index contributed by atoms with van der Waals surface area (Å²) in [6.45, 7) is 4.09. The van der Waals surface area contributed by atoms with Crippen molar-refractivity contribution in [3.63, 3.8) is 0 Å². The molecule has 0 amide bonds. The van der Waals surface area contributed by atoms with Gasteiger partial charge in [-0.25, -0.2) is 4.98 Å². The molecule has 0 saturated heterocycles. The number of rotatable bonds is 9. The van der Waals surface area contributed by atoms with Gasteiger partial charge in [0.15, 0.2) is 0 Å². The molecule has 4 heteroatoms. The van der Waals surface area contributed by atoms with Crippen molar-refractivity contribution >= 4 is 0 Å². The molecule has 1 rings (SSSR count). The van der Waals surface area contributed by atoms with E-state index in [-0.39, 0.29) is 0 Å². The van der Waals surface area contributed by atoms with Gasteiger partial charge in [-0.05, 0) is 26.3 Å². The van der Waals surface area contributed by atoms with E-state index in [0.29, 0.717) is 6.04 Å². The van der Waals surface area contributed by atoms with Crippen LogP contribution in [0.5, 0.6) is 0 Å². The molecule has 1 atom stereocenters. The van der Waals surface area contributed by atoms with Crippen molar-refractivity contribution in [2.45, 2.75) is 45.2 Å². The van der Waals surface area contributed by atoms with Gasteiger partial charge in [-0.3, -0.25) is 0 Å². The Hall–Kier alpha value is -0.870. The third-order valence-electron chi connectivity index (χ3n) is 3.00. The lowest BCUT2D eigenvalue weighted by Gasteiger charge is -2.16. The van der Waals surface area contributed by atoms with Crippen molar-refractivity contribution in [3.05, 3.63) is 18.2 Å². The zero-order chi connectivity index (χ0) is 12.5. The normalized spacial score (nSPS) is 12.9. The first-order valence-corrected chi connectivity index (χ1v) is 6.48. The minimum Gasteiger partial charge on any atom is -0.385 e. The number of aromatic nitrogens is 2. The van der Waals surface area contributed by atoms with Crippen molar-refractivity contribution in [2.24, 2.45) is 0 Å². The van der Waals surface area contributed by atoms with Gasteiger partial charge in [0.2, 0.25) is 0 Å². The Balaban J connectivity index is 2.45. The highest BCUT2D eigenvalue weighted by Gasteiger charge is 2.10. The summed E-state index contributed by atoms with van der Waals surface area (Å²) in [7, 11) is 3.77. The Labute approximate surface area is 104 Å². The standard InChI is InChI=1S/C13H25N3O/c1-4-8-16-9-7-15-13(16)11-12(14-2)6-5-10-17-3/h7,9,12,14H,4-6,8,10-11H2,1-3H3. The molecule has 0 saturated carbocycles. The third-order valence-corrected chi connectivity index (χ3v) is 3.00. The quantitative estimate of drug-likeness (QED) is 0.668. The highest BCUT2D eigenvalue weighted by molar-refractivity contribution is 4.95. The molecule has 17 heavy (non-hydrogen) atoms. The van der Waals surface area contributed by atoms with Gasteiger partial charge >= 0.3 is 0 Å². The van der Waals surface area contributed by atoms with E-state index in [1.807, 2.05) is 13.2 Å². The molecule has 1 heterocycles. The van der Waals surface area contributed by atoms with Crippen LogP contribution < -0.4 is 5.32 Å². The largest absolute Gasteiger partial charge is 0.385 e. The van der Waals surface area contributed by atoms with E-state index < -0.39 is 0 Å². The lowest BCUT2D eigenvalue weighted by Crippen LogP contribution is -2.29. The lowest BCUT2D eigenvalue weighted by atomic mass is 10.1. The van der Waals surface area contributed by atoms with Crippen molar-refractivity contribution in [1.82, 2.24) is 14.9 Å². The van der Waals surface area contributed by atoms with Gasteiger partial charge in [0.05, 0.1) is 0 Å². The predicted octanol–water partition coefficient (Wildman–Crippen LogP) is 1.85. The molecule has 98 valence electrons. The molecule has 0 aliphatic heterocycles. The molecule has 0 aliphatic rings. The maximum Gasteiger partial charge on any atom is 0.110 e. The third kappa shape index (κ3) is 4.88. The zero-order valence-electron chi connectivity index (χ0n) is 11.3. The van der Waals surface area contributed by atoms with Gasteiger partial charge in [-0.1, -0.05) is 6.92 Å². The van der Waals surface area contributed by atoms with Gasteiger partial charge in [0.25, 0.3) is 0 Å². The summed E-state index contributed by atoms with van der Waals surface area (Å²) in [6.07, 6.45) is 8.33. The first kappa shape index (κ1) is 14.2. The van der Waals surface area contributed by atoms with Crippen LogP contribution in [0.25, 0.3) is 0 Å². The summed E-state index contributed by atoms with van der Waals surface area (Å²) in [5, 5.41) is 3.36. The van der Waals surface area contributed by atoms with Crippen molar-refractivity contribution < 1.29 is 4.74 Å². The van der Waals surface area contributed by atoms with Crippen LogP contribution in [0.15, 0.2) is 12.4 Å². The molecule has 0 fully saturated rings. The van der Waals surface area contributed by atoms with Crippen LogP contribution in [0.1, 0.15) is 32.0 Å². The van der Waals surface area contributed by atoms with E-state index in [1.54, 1.807) is 7.11 Å². The molecule has 0 bridgehead atoms. The number of likely N-dealkylation sites (N-methyl/N-ethyl adjacent to an activating group) is 1. The maximum atomic E-state index is 5.09. The van der Waals surface area contributed by atoms with Crippen LogP contribution >= 0.6 is 0 Å². The van der Waals surface area contributed by atoms with E-state index in [1.165, 1.54) is 5.82 Å². The van der Waals surface area contributed by atoms with E-state index in [9.17, 15) is 0 Å². The number of methoxy groups -OCH3 is 1. The number of imidazole rings is 1. The number of nitrogens with one attached hydrogen (secondary N) is 1. The molecule has 1 N–H and O–H groups in total. The molecule has 1 aromatic rings. The van der Waals surface area contributed by atoms with Crippen molar-refractivity contribution in [1.29, 1.82) is 0 Å². The van der Waals surface area contributed by atoms with Crippen molar-refractivity contribution in [3.8, 4) is 0 Å². The molecule has 1 aromatic heterocycles. The number of aryl methyl sites for hydroxylation is 1. The van der Waals surface area contributed by atoms with Crippen LogP contribution in [0.4, 0.5) is 0 Å². The molecular formula is C13H25N3O. The summed E-state index contributed by atoms with van der Waals surface area (Å²) < 4.78 is 7.34. The molecule has 1 unspecified atom stereocenters. The zero-order valence-corrected chi connectivity index (χ0v) is 11.3. The van der Waals surface area contributed by atoms with E-state index in [4.69, 9.17) is 4.74 Å². The summed E-state index contributed by atoms with van der Waals surface area (Å²) in [5.41, 5.74) is 0. The Bertz CT molecular complexity index is 299. The molecule has 0 radical (unpaired) electrons. The minimum absolute atomic E-state index is 0.489. The second kappa shape index (κ2) is 8.25. The summed E-state index contributed by atoms with van der Waals surface area (Å²) in [6, 6.07) is 0.489. The number of hydrogen-bond acceptors (Lipinski definition) is 3. The lowest BCUT2D eigenvalue weighted by molar-refractivity contribution is 0.189. The number of hydrogen-bond donors (Lipinski definition) is 1. The Morgan fingerprint density at radius 3 is 3.00 bits per heavy atom. The minimum atomic E-state index is 0.489. The highest BCUT2D eigenvalue weighted by Crippen LogP contribution is 2.07. The maximum absolute atomic E-state index is 5.09. The molecular weight excluding hydrogens is 214 g/mol. The fraction of sp³-hybridized carbons (Fsp3) is 0.769. The van der Waals surface area contributed by atoms with Crippen LogP contribution in [0.3, 0.4) is 0 Å². The van der Waals surface area contributed by atoms with Crippen molar-refractivity contribution in [2.75, 3.05) is 20.8 Å². The van der Waals surface area contributed by atoms with E-state index >= 15 is 0 Å². The average molecular weight is 239 g/mol. The van der Waals surface area contributed by atoms with Crippen LogP contribution in [0, 0.1) is 0 Å². The Morgan fingerprint density at radius 1 is 1.53 bits per heavy atom. The SMILES string of the molecule is CCCn1ccnc1CC(CCCOC)NC. The smallest absolute Gasteiger partial charge is 0.110 e. The summed E-state index contributed by atoms with van der Waals surface area (Å²) >= 11 is 0. The van der Waals surface area contributed by atoms with Crippen LogP contribution in [-0.2, 0) is 17.7 Å². The van der Waals surface area contributed by atoms with Gasteiger partial charge in [-0.2, -0.15) is 0 Å². The van der Waals surface area contributed by atoms with Gasteiger partial charge in [0, 0.05) is 45.1 Å². The fourth-order valence-electron chi connectivity index (χ4n) is 2.02. The average Bonchev–Trinajstić information content (AvgIpc) is 2.76. The summed E-state index contributed by atoms with van der Waals surface area (Å²) in [4.78, 5) is 4.44. The van der Waals surface area contributed by atoms with E-state index in [0.717, 1.165) is 38.8 Å².